The zero-order valence-corrected chi connectivity index (χ0v) is 15.1. The second-order valence-electron chi connectivity index (χ2n) is 5.82. The quantitative estimate of drug-likeness (QED) is 0.803. The zero-order valence-electron chi connectivity index (χ0n) is 13.5. The molecule has 22 heavy (non-hydrogen) atoms. The Morgan fingerprint density at radius 3 is 2.91 bits per heavy atom. The van der Waals surface area contributed by atoms with E-state index in [0.717, 1.165) is 23.3 Å². The van der Waals surface area contributed by atoms with Crippen LogP contribution in [0.3, 0.4) is 0 Å². The standard InChI is InChI=1S/C15H23BrN4O2/c1-5-22-13(21)15(10(2)3)6-7-20(9-15)14-18-8-11(16)12(17-4)19-14/h8,10H,5-7,9H2,1-4H3,(H,17,18,19). The Hall–Kier alpha value is -1.37. The summed E-state index contributed by atoms with van der Waals surface area (Å²) in [5.74, 6) is 1.47. The maximum atomic E-state index is 12.5. The zero-order chi connectivity index (χ0) is 16.3. The number of aromatic nitrogens is 2. The molecule has 7 heteroatoms. The largest absolute Gasteiger partial charge is 0.466 e. The maximum absolute atomic E-state index is 12.5. The van der Waals surface area contributed by atoms with Crippen molar-refractivity contribution in [3.05, 3.63) is 10.7 Å². The van der Waals surface area contributed by atoms with Crippen LogP contribution in [0.2, 0.25) is 0 Å². The number of carbonyl (C=O) groups is 1. The van der Waals surface area contributed by atoms with E-state index in [1.54, 1.807) is 6.20 Å². The number of ether oxygens (including phenoxy) is 1. The topological polar surface area (TPSA) is 67.3 Å². The van der Waals surface area contributed by atoms with Crippen LogP contribution < -0.4 is 10.2 Å². The van der Waals surface area contributed by atoms with E-state index in [9.17, 15) is 4.79 Å². The van der Waals surface area contributed by atoms with Gasteiger partial charge in [0, 0.05) is 26.3 Å². The molecule has 1 atom stereocenters. The average Bonchev–Trinajstić information content (AvgIpc) is 2.94. The van der Waals surface area contributed by atoms with Crippen LogP contribution in [0.25, 0.3) is 0 Å². The van der Waals surface area contributed by atoms with Crippen molar-refractivity contribution in [2.45, 2.75) is 27.2 Å². The van der Waals surface area contributed by atoms with E-state index in [1.807, 2.05) is 14.0 Å². The van der Waals surface area contributed by atoms with Gasteiger partial charge in [-0.25, -0.2) is 4.98 Å². The third-order valence-electron chi connectivity index (χ3n) is 4.34. The molecular weight excluding hydrogens is 348 g/mol. The first-order chi connectivity index (χ1) is 10.4. The first-order valence-corrected chi connectivity index (χ1v) is 8.36. The summed E-state index contributed by atoms with van der Waals surface area (Å²) < 4.78 is 6.13. The molecule has 0 bridgehead atoms. The van der Waals surface area contributed by atoms with Crippen LogP contribution in [-0.4, -0.2) is 42.7 Å². The highest BCUT2D eigenvalue weighted by molar-refractivity contribution is 9.10. The monoisotopic (exact) mass is 370 g/mol. The van der Waals surface area contributed by atoms with Crippen LogP contribution in [0.4, 0.5) is 11.8 Å². The molecule has 122 valence electrons. The van der Waals surface area contributed by atoms with Crippen LogP contribution in [0.1, 0.15) is 27.2 Å². The minimum Gasteiger partial charge on any atom is -0.466 e. The number of halogens is 1. The smallest absolute Gasteiger partial charge is 0.314 e. The Bertz CT molecular complexity index is 552. The summed E-state index contributed by atoms with van der Waals surface area (Å²) in [7, 11) is 1.82. The van der Waals surface area contributed by atoms with Crippen LogP contribution in [0.15, 0.2) is 10.7 Å². The van der Waals surface area contributed by atoms with E-state index in [-0.39, 0.29) is 11.9 Å². The highest BCUT2D eigenvalue weighted by atomic mass is 79.9. The lowest BCUT2D eigenvalue weighted by Crippen LogP contribution is -2.41. The summed E-state index contributed by atoms with van der Waals surface area (Å²) in [6.07, 6.45) is 2.49. The van der Waals surface area contributed by atoms with Crippen LogP contribution in [-0.2, 0) is 9.53 Å². The summed E-state index contributed by atoms with van der Waals surface area (Å²) in [6.45, 7) is 7.74. The first kappa shape index (κ1) is 17.0. The molecule has 0 radical (unpaired) electrons. The van der Waals surface area contributed by atoms with Crippen molar-refractivity contribution >= 4 is 33.7 Å². The number of rotatable bonds is 5. The van der Waals surface area contributed by atoms with Crippen LogP contribution >= 0.6 is 15.9 Å². The van der Waals surface area contributed by atoms with Gasteiger partial charge in [0.25, 0.3) is 0 Å². The van der Waals surface area contributed by atoms with Crippen molar-refractivity contribution in [3.8, 4) is 0 Å². The Balaban J connectivity index is 2.25. The molecule has 0 spiro atoms. The molecule has 2 rings (SSSR count). The van der Waals surface area contributed by atoms with E-state index < -0.39 is 5.41 Å². The third-order valence-corrected chi connectivity index (χ3v) is 4.92. The number of nitrogens with zero attached hydrogens (tertiary/aromatic N) is 3. The van der Waals surface area contributed by atoms with Crippen LogP contribution in [0.5, 0.6) is 0 Å². The van der Waals surface area contributed by atoms with Gasteiger partial charge in [-0.15, -0.1) is 0 Å². The maximum Gasteiger partial charge on any atom is 0.314 e. The van der Waals surface area contributed by atoms with Gasteiger partial charge in [0.15, 0.2) is 0 Å². The predicted molar refractivity (Wildman–Crippen MR) is 90.0 cm³/mol. The number of esters is 1. The number of hydrogen-bond donors (Lipinski definition) is 1. The van der Waals surface area contributed by atoms with Crippen molar-refractivity contribution in [3.63, 3.8) is 0 Å². The Morgan fingerprint density at radius 2 is 2.32 bits per heavy atom. The third kappa shape index (κ3) is 3.04. The molecule has 0 amide bonds. The van der Waals surface area contributed by atoms with E-state index >= 15 is 0 Å². The molecule has 1 saturated heterocycles. The van der Waals surface area contributed by atoms with E-state index in [1.165, 1.54) is 0 Å². The molecule has 1 fully saturated rings. The molecule has 1 aliphatic heterocycles. The first-order valence-electron chi connectivity index (χ1n) is 7.57. The number of anilines is 2. The van der Waals surface area contributed by atoms with Gasteiger partial charge in [0.1, 0.15) is 5.82 Å². The molecule has 1 unspecified atom stereocenters. The summed E-state index contributed by atoms with van der Waals surface area (Å²) in [5, 5.41) is 3.03. The van der Waals surface area contributed by atoms with Gasteiger partial charge in [0.2, 0.25) is 5.95 Å². The number of nitrogens with one attached hydrogen (secondary N) is 1. The number of hydrogen-bond acceptors (Lipinski definition) is 6. The molecule has 0 saturated carbocycles. The van der Waals surface area contributed by atoms with E-state index in [4.69, 9.17) is 4.74 Å². The summed E-state index contributed by atoms with van der Waals surface area (Å²) >= 11 is 3.41. The minimum atomic E-state index is -0.480. The molecule has 0 aliphatic carbocycles. The lowest BCUT2D eigenvalue weighted by Gasteiger charge is -2.30. The lowest BCUT2D eigenvalue weighted by atomic mass is 9.76. The highest BCUT2D eigenvalue weighted by Crippen LogP contribution is 2.40. The second kappa shape index (κ2) is 6.81. The molecular formula is C15H23BrN4O2. The van der Waals surface area contributed by atoms with E-state index in [2.05, 4.69) is 50.0 Å². The van der Waals surface area contributed by atoms with Crippen molar-refractivity contribution in [2.24, 2.45) is 11.3 Å². The summed E-state index contributed by atoms with van der Waals surface area (Å²) in [5.41, 5.74) is -0.480. The summed E-state index contributed by atoms with van der Waals surface area (Å²) in [6, 6.07) is 0. The average molecular weight is 371 g/mol. The van der Waals surface area contributed by atoms with E-state index in [0.29, 0.717) is 19.1 Å². The molecule has 6 nitrogen and oxygen atoms in total. The lowest BCUT2D eigenvalue weighted by molar-refractivity contribution is -0.156. The van der Waals surface area contributed by atoms with Crippen molar-refractivity contribution in [1.29, 1.82) is 0 Å². The Morgan fingerprint density at radius 1 is 1.59 bits per heavy atom. The van der Waals surface area contributed by atoms with Gasteiger partial charge in [-0.3, -0.25) is 4.79 Å². The number of carbonyl (C=O) groups excluding carboxylic acids is 1. The normalized spacial score (nSPS) is 21.3. The fourth-order valence-corrected chi connectivity index (χ4v) is 3.23. The van der Waals surface area contributed by atoms with Crippen molar-refractivity contribution in [2.75, 3.05) is 37.0 Å². The fraction of sp³-hybridized carbons (Fsp3) is 0.667. The Labute approximate surface area is 139 Å². The molecule has 1 aromatic heterocycles. The van der Waals surface area contributed by atoms with Gasteiger partial charge in [-0.1, -0.05) is 13.8 Å². The van der Waals surface area contributed by atoms with Crippen LogP contribution in [0, 0.1) is 11.3 Å². The second-order valence-corrected chi connectivity index (χ2v) is 6.67. The van der Waals surface area contributed by atoms with Gasteiger partial charge in [-0.05, 0) is 35.2 Å². The van der Waals surface area contributed by atoms with Gasteiger partial charge in [-0.2, -0.15) is 4.98 Å². The molecule has 1 aliphatic rings. The molecule has 0 aromatic carbocycles. The Kier molecular flexibility index (Phi) is 5.26. The van der Waals surface area contributed by atoms with Gasteiger partial charge < -0.3 is 15.0 Å². The summed E-state index contributed by atoms with van der Waals surface area (Å²) in [4.78, 5) is 23.4. The predicted octanol–water partition coefficient (Wildman–Crippen LogP) is 2.70. The van der Waals surface area contributed by atoms with Gasteiger partial charge >= 0.3 is 5.97 Å². The SMILES string of the molecule is CCOC(=O)C1(C(C)C)CCN(c2ncc(Br)c(NC)n2)C1. The fourth-order valence-electron chi connectivity index (χ4n) is 2.84. The van der Waals surface area contributed by atoms with Crippen molar-refractivity contribution in [1.82, 2.24) is 9.97 Å². The van der Waals surface area contributed by atoms with Gasteiger partial charge in [0.05, 0.1) is 16.5 Å². The highest BCUT2D eigenvalue weighted by Gasteiger charge is 2.48. The molecule has 2 heterocycles. The molecule has 1 aromatic rings. The molecule has 1 N–H and O–H groups in total. The van der Waals surface area contributed by atoms with Crippen molar-refractivity contribution < 1.29 is 9.53 Å². The minimum absolute atomic E-state index is 0.113.